The minimum absolute atomic E-state index is 0.226. The van der Waals surface area contributed by atoms with E-state index in [-0.39, 0.29) is 6.42 Å². The van der Waals surface area contributed by atoms with Crippen LogP contribution in [-0.2, 0) is 4.74 Å². The third-order valence-electron chi connectivity index (χ3n) is 2.95. The number of ether oxygens (including phenoxy) is 1. The Morgan fingerprint density at radius 3 is 2.67 bits per heavy atom. The molecule has 8 heteroatoms. The maximum absolute atomic E-state index is 13.8. The van der Waals surface area contributed by atoms with Crippen molar-refractivity contribution in [2.24, 2.45) is 0 Å². The van der Waals surface area contributed by atoms with Crippen LogP contribution < -0.4 is 11.2 Å². The van der Waals surface area contributed by atoms with Gasteiger partial charge >= 0.3 is 5.69 Å². The number of hydrogen-bond acceptors (Lipinski definition) is 5. The monoisotopic (exact) mass is 260 g/mol. The summed E-state index contributed by atoms with van der Waals surface area (Å²) in [6, 6.07) is 1.06. The van der Waals surface area contributed by atoms with Gasteiger partial charge in [-0.05, 0) is 0 Å². The highest BCUT2D eigenvalue weighted by Crippen LogP contribution is 2.37. The number of nitrogens with zero attached hydrogens (tertiary/aromatic N) is 1. The molecule has 0 radical (unpaired) electrons. The summed E-state index contributed by atoms with van der Waals surface area (Å²) in [5.41, 5.74) is -2.80. The first-order valence-electron chi connectivity index (χ1n) is 5.36. The van der Waals surface area contributed by atoms with E-state index in [1.165, 1.54) is 0 Å². The van der Waals surface area contributed by atoms with Crippen molar-refractivity contribution in [2.75, 3.05) is 13.2 Å². The van der Waals surface area contributed by atoms with Gasteiger partial charge in [-0.2, -0.15) is 0 Å². The fourth-order valence-electron chi connectivity index (χ4n) is 1.95. The van der Waals surface area contributed by atoms with Gasteiger partial charge in [0.1, 0.15) is 11.8 Å². The van der Waals surface area contributed by atoms with Crippen LogP contribution >= 0.6 is 0 Å². The van der Waals surface area contributed by atoms with Gasteiger partial charge in [0.2, 0.25) is 0 Å². The van der Waals surface area contributed by atoms with Gasteiger partial charge in [-0.3, -0.25) is 14.3 Å². The van der Waals surface area contributed by atoms with Crippen molar-refractivity contribution in [2.45, 2.75) is 24.4 Å². The number of alkyl halides is 1. The van der Waals surface area contributed by atoms with Crippen LogP contribution in [0.25, 0.3) is 0 Å². The van der Waals surface area contributed by atoms with Crippen LogP contribution in [0.15, 0.2) is 21.9 Å². The van der Waals surface area contributed by atoms with Gasteiger partial charge in [0, 0.05) is 18.7 Å². The highest BCUT2D eigenvalue weighted by molar-refractivity contribution is 4.95. The molecule has 1 aliphatic rings. The van der Waals surface area contributed by atoms with Crippen molar-refractivity contribution >= 4 is 0 Å². The SMILES string of the molecule is O=c1ccn(C2OC(CO)(CO)CC2F)c(=O)[nH]1. The normalized spacial score (nSPS) is 26.4. The summed E-state index contributed by atoms with van der Waals surface area (Å²) < 4.78 is 19.9. The van der Waals surface area contributed by atoms with E-state index >= 15 is 0 Å². The summed E-state index contributed by atoms with van der Waals surface area (Å²) in [7, 11) is 0. The van der Waals surface area contributed by atoms with Gasteiger partial charge in [0.15, 0.2) is 6.23 Å². The Balaban J connectivity index is 2.35. The fourth-order valence-corrected chi connectivity index (χ4v) is 1.95. The third-order valence-corrected chi connectivity index (χ3v) is 2.95. The smallest absolute Gasteiger partial charge is 0.330 e. The van der Waals surface area contributed by atoms with Crippen LogP contribution in [0.1, 0.15) is 12.6 Å². The zero-order chi connectivity index (χ0) is 13.3. The van der Waals surface area contributed by atoms with Gasteiger partial charge in [-0.25, -0.2) is 9.18 Å². The minimum Gasteiger partial charge on any atom is -0.393 e. The summed E-state index contributed by atoms with van der Waals surface area (Å²) in [4.78, 5) is 24.4. The van der Waals surface area contributed by atoms with Gasteiger partial charge in [-0.15, -0.1) is 0 Å². The molecule has 100 valence electrons. The molecular formula is C10H13FN2O5. The van der Waals surface area contributed by atoms with Gasteiger partial charge in [0.05, 0.1) is 13.2 Å². The highest BCUT2D eigenvalue weighted by atomic mass is 19.1. The topological polar surface area (TPSA) is 105 Å². The molecule has 3 N–H and O–H groups in total. The van der Waals surface area contributed by atoms with Crippen LogP contribution in [0.4, 0.5) is 4.39 Å². The second-order valence-corrected chi connectivity index (χ2v) is 4.25. The Bertz CT molecular complexity index is 536. The zero-order valence-electron chi connectivity index (χ0n) is 9.38. The van der Waals surface area contributed by atoms with E-state index in [1.54, 1.807) is 0 Å². The lowest BCUT2D eigenvalue weighted by atomic mass is 10.0. The maximum atomic E-state index is 13.8. The summed E-state index contributed by atoms with van der Waals surface area (Å²) in [6.45, 7) is -1.11. The largest absolute Gasteiger partial charge is 0.393 e. The molecule has 18 heavy (non-hydrogen) atoms. The van der Waals surface area contributed by atoms with E-state index < -0.39 is 42.5 Å². The quantitative estimate of drug-likeness (QED) is 0.614. The van der Waals surface area contributed by atoms with E-state index in [9.17, 15) is 14.0 Å². The van der Waals surface area contributed by atoms with Crippen molar-refractivity contribution in [3.8, 4) is 0 Å². The van der Waals surface area contributed by atoms with E-state index in [0.717, 1.165) is 16.8 Å². The summed E-state index contributed by atoms with van der Waals surface area (Å²) in [5.74, 6) is 0. The minimum atomic E-state index is -1.56. The molecule has 1 aliphatic heterocycles. The first-order chi connectivity index (χ1) is 8.51. The number of aromatic amines is 1. The lowest BCUT2D eigenvalue weighted by molar-refractivity contribution is -0.126. The number of H-pyrrole nitrogens is 1. The molecule has 2 heterocycles. The Morgan fingerprint density at radius 1 is 1.50 bits per heavy atom. The first kappa shape index (κ1) is 12.9. The van der Waals surface area contributed by atoms with Crippen molar-refractivity contribution in [1.29, 1.82) is 0 Å². The molecule has 1 saturated heterocycles. The lowest BCUT2D eigenvalue weighted by Gasteiger charge is -2.24. The van der Waals surface area contributed by atoms with Crippen molar-refractivity contribution < 1.29 is 19.3 Å². The van der Waals surface area contributed by atoms with Crippen LogP contribution in [0.5, 0.6) is 0 Å². The average Bonchev–Trinajstić information content (AvgIpc) is 2.67. The molecule has 7 nitrogen and oxygen atoms in total. The van der Waals surface area contributed by atoms with Crippen molar-refractivity contribution in [1.82, 2.24) is 9.55 Å². The zero-order valence-corrected chi connectivity index (χ0v) is 9.38. The average molecular weight is 260 g/mol. The number of nitrogens with one attached hydrogen (secondary N) is 1. The van der Waals surface area contributed by atoms with E-state index in [1.807, 2.05) is 4.98 Å². The number of aliphatic hydroxyl groups excluding tert-OH is 2. The molecule has 1 aromatic heterocycles. The molecule has 2 rings (SSSR count). The second kappa shape index (κ2) is 4.63. The predicted molar refractivity (Wildman–Crippen MR) is 57.9 cm³/mol. The molecular weight excluding hydrogens is 247 g/mol. The number of aliphatic hydroxyl groups is 2. The molecule has 0 aromatic carbocycles. The second-order valence-electron chi connectivity index (χ2n) is 4.25. The molecule has 0 bridgehead atoms. The van der Waals surface area contributed by atoms with E-state index in [4.69, 9.17) is 14.9 Å². The van der Waals surface area contributed by atoms with E-state index in [0.29, 0.717) is 0 Å². The lowest BCUT2D eigenvalue weighted by Crippen LogP contribution is -2.39. The van der Waals surface area contributed by atoms with Crippen LogP contribution in [0.3, 0.4) is 0 Å². The van der Waals surface area contributed by atoms with Gasteiger partial charge in [-0.1, -0.05) is 0 Å². The number of rotatable bonds is 3. The Morgan fingerprint density at radius 2 is 2.17 bits per heavy atom. The van der Waals surface area contributed by atoms with E-state index in [2.05, 4.69) is 0 Å². The van der Waals surface area contributed by atoms with Crippen LogP contribution in [0.2, 0.25) is 0 Å². The summed E-state index contributed by atoms with van der Waals surface area (Å²) >= 11 is 0. The highest BCUT2D eigenvalue weighted by Gasteiger charge is 2.47. The molecule has 0 aliphatic carbocycles. The Hall–Kier alpha value is -1.51. The molecule has 0 saturated carbocycles. The standard InChI is InChI=1S/C10H13FN2O5/c11-6-3-10(4-14,5-15)18-8(6)13-2-1-7(16)12-9(13)17/h1-2,6,8,14-15H,3-5H2,(H,12,16,17). The first-order valence-corrected chi connectivity index (χ1v) is 5.36. The predicted octanol–water partition coefficient (Wildman–Crippen LogP) is -1.48. The third kappa shape index (κ3) is 2.09. The van der Waals surface area contributed by atoms with Crippen molar-refractivity contribution in [3.63, 3.8) is 0 Å². The van der Waals surface area contributed by atoms with Crippen LogP contribution in [0, 0.1) is 0 Å². The molecule has 0 amide bonds. The molecule has 2 atom stereocenters. The summed E-state index contributed by atoms with van der Waals surface area (Å²) in [5, 5.41) is 18.2. The number of aromatic nitrogens is 2. The van der Waals surface area contributed by atoms with Gasteiger partial charge < -0.3 is 14.9 Å². The van der Waals surface area contributed by atoms with Crippen LogP contribution in [-0.4, -0.2) is 44.8 Å². The Labute approximate surface area is 100 Å². The molecule has 1 aromatic rings. The molecule has 1 fully saturated rings. The maximum Gasteiger partial charge on any atom is 0.330 e. The van der Waals surface area contributed by atoms with Crippen molar-refractivity contribution in [3.05, 3.63) is 33.1 Å². The Kier molecular flexibility index (Phi) is 3.33. The number of hydrogen-bond donors (Lipinski definition) is 3. The molecule has 0 spiro atoms. The van der Waals surface area contributed by atoms with Gasteiger partial charge in [0.25, 0.3) is 5.56 Å². The summed E-state index contributed by atoms with van der Waals surface area (Å²) in [6.07, 6.45) is -1.94. The number of halogens is 1. The fraction of sp³-hybridized carbons (Fsp3) is 0.600. The molecule has 2 unspecified atom stereocenters.